The lowest BCUT2D eigenvalue weighted by Gasteiger charge is -2.11. The molecule has 0 unspecified atom stereocenters. The zero-order valence-electron chi connectivity index (χ0n) is 23.9. The van der Waals surface area contributed by atoms with E-state index < -0.39 is 0 Å². The van der Waals surface area contributed by atoms with E-state index in [4.69, 9.17) is 0 Å². The van der Waals surface area contributed by atoms with E-state index in [1.165, 1.54) is 92.0 Å². The van der Waals surface area contributed by atoms with Gasteiger partial charge in [-0.1, -0.05) is 109 Å². The molecule has 0 aromatic heterocycles. The third-order valence-electron chi connectivity index (χ3n) is 7.67. The first kappa shape index (κ1) is 29.1. The van der Waals surface area contributed by atoms with Crippen molar-refractivity contribution in [3.8, 4) is 0 Å². The van der Waals surface area contributed by atoms with Gasteiger partial charge in [0.25, 0.3) is 0 Å². The Morgan fingerprint density at radius 2 is 1.08 bits per heavy atom. The number of hydrogen-bond acceptors (Lipinski definition) is 0. The highest BCUT2D eigenvalue weighted by molar-refractivity contribution is 5.78. The first-order valence-electron chi connectivity index (χ1n) is 15.3. The molecule has 2 aromatic carbocycles. The summed E-state index contributed by atoms with van der Waals surface area (Å²) in [5, 5.41) is 0. The fourth-order valence-corrected chi connectivity index (χ4v) is 5.40. The maximum Gasteiger partial charge on any atom is 0.210 e. The van der Waals surface area contributed by atoms with E-state index in [9.17, 15) is 5.53 Å². The van der Waals surface area contributed by atoms with E-state index in [-0.39, 0.29) is 0 Å². The number of rotatable bonds is 18. The smallest absolute Gasteiger partial charge is 0.210 e. The van der Waals surface area contributed by atoms with Crippen LogP contribution in [-0.4, -0.2) is 4.70 Å². The standard InChI is InChI=1S/C35H50N2/c1-4-7-10-11-12-13-14-15-16-20-30-21-17-24-31(26-30)34-28-33(23-9-6-3)35(37(34)36)32-25-18-22-29(27-32)19-8-5-2/h17-18,21-22,24-28H,4-16,19-20,23H2,1-3H3. The number of allylic oxidation sites excluding steroid dienone is 2. The van der Waals surface area contributed by atoms with Crippen LogP contribution in [0.15, 0.2) is 60.2 Å². The van der Waals surface area contributed by atoms with Crippen LogP contribution in [0.2, 0.25) is 0 Å². The highest BCUT2D eigenvalue weighted by Crippen LogP contribution is 2.37. The lowest BCUT2D eigenvalue weighted by Crippen LogP contribution is -2.03. The zero-order chi connectivity index (χ0) is 26.3. The van der Waals surface area contributed by atoms with Crippen LogP contribution in [0.4, 0.5) is 0 Å². The fraction of sp³-hybridized carbons (Fsp3) is 0.543. The highest BCUT2D eigenvalue weighted by Gasteiger charge is 2.28. The van der Waals surface area contributed by atoms with Crippen LogP contribution in [0, 0.1) is 0 Å². The molecule has 0 saturated heterocycles. The summed E-state index contributed by atoms with van der Waals surface area (Å²) in [6.45, 7) is 6.75. The molecular weight excluding hydrogens is 448 g/mol. The molecule has 2 nitrogen and oxygen atoms in total. The van der Waals surface area contributed by atoms with Crippen molar-refractivity contribution in [2.24, 2.45) is 0 Å². The quantitative estimate of drug-likeness (QED) is 0.144. The number of nitrogens with zero attached hydrogens (tertiary/aromatic N) is 2. The molecule has 1 aliphatic rings. The normalized spacial score (nSPS) is 13.5. The van der Waals surface area contributed by atoms with Crippen molar-refractivity contribution in [3.63, 3.8) is 0 Å². The topological polar surface area (TPSA) is 25.3 Å². The van der Waals surface area contributed by atoms with Gasteiger partial charge in [-0.3, -0.25) is 0 Å². The monoisotopic (exact) mass is 498 g/mol. The summed E-state index contributed by atoms with van der Waals surface area (Å²) in [5.74, 6) is 0. The summed E-state index contributed by atoms with van der Waals surface area (Å²) in [6, 6.07) is 17.6. The minimum Gasteiger partial charge on any atom is -0.493 e. The Labute approximate surface area is 227 Å². The second-order valence-corrected chi connectivity index (χ2v) is 10.9. The summed E-state index contributed by atoms with van der Waals surface area (Å²) in [4.78, 5) is 0. The number of hydrogen-bond donors (Lipinski definition) is 0. The van der Waals surface area contributed by atoms with Gasteiger partial charge in [0.1, 0.15) is 0 Å². The van der Waals surface area contributed by atoms with Gasteiger partial charge in [-0.15, -0.1) is 0 Å². The van der Waals surface area contributed by atoms with Gasteiger partial charge in [-0.25, -0.2) is 4.70 Å². The Kier molecular flexibility index (Phi) is 12.9. The van der Waals surface area contributed by atoms with Crippen molar-refractivity contribution in [2.75, 3.05) is 0 Å². The first-order valence-corrected chi connectivity index (χ1v) is 15.3. The Morgan fingerprint density at radius 3 is 1.73 bits per heavy atom. The molecule has 0 saturated carbocycles. The summed E-state index contributed by atoms with van der Waals surface area (Å²) >= 11 is 0. The third-order valence-corrected chi connectivity index (χ3v) is 7.67. The van der Waals surface area contributed by atoms with Crippen molar-refractivity contribution in [3.05, 3.63) is 88.0 Å². The molecule has 2 heteroatoms. The number of unbranched alkanes of at least 4 members (excludes halogenated alkanes) is 10. The maximum absolute atomic E-state index is 11.4. The predicted octanol–water partition coefficient (Wildman–Crippen LogP) is 11.1. The molecule has 0 spiro atoms. The van der Waals surface area contributed by atoms with Gasteiger partial charge in [0, 0.05) is 22.8 Å². The third kappa shape index (κ3) is 9.09. The van der Waals surface area contributed by atoms with E-state index in [1.807, 2.05) is 0 Å². The van der Waals surface area contributed by atoms with E-state index in [1.54, 1.807) is 0 Å². The van der Waals surface area contributed by atoms with E-state index in [2.05, 4.69) is 75.4 Å². The molecule has 0 radical (unpaired) electrons. The molecular formula is C35H50N2. The van der Waals surface area contributed by atoms with Crippen LogP contribution < -0.4 is 0 Å². The van der Waals surface area contributed by atoms with Crippen molar-refractivity contribution in [1.29, 1.82) is 0 Å². The fourth-order valence-electron chi connectivity index (χ4n) is 5.40. The van der Waals surface area contributed by atoms with Crippen LogP contribution in [0.25, 0.3) is 16.9 Å². The van der Waals surface area contributed by atoms with Gasteiger partial charge in [0.15, 0.2) is 0 Å². The molecule has 37 heavy (non-hydrogen) atoms. The molecule has 0 N–H and O–H groups in total. The minimum atomic E-state index is 0.911. The lowest BCUT2D eigenvalue weighted by molar-refractivity contribution is -0.344. The van der Waals surface area contributed by atoms with Crippen LogP contribution >= 0.6 is 0 Å². The molecule has 2 aromatic rings. The molecule has 0 aliphatic carbocycles. The average Bonchev–Trinajstić information content (AvgIpc) is 3.26. The Hall–Kier alpha value is -2.48. The van der Waals surface area contributed by atoms with Crippen molar-refractivity contribution in [2.45, 2.75) is 124 Å². The van der Waals surface area contributed by atoms with Crippen LogP contribution in [0.3, 0.4) is 0 Å². The largest absolute Gasteiger partial charge is 0.493 e. The summed E-state index contributed by atoms with van der Waals surface area (Å²) < 4.78 is 1.46. The Bertz CT molecular complexity index is 1040. The first-order chi connectivity index (χ1) is 18.2. The van der Waals surface area contributed by atoms with E-state index >= 15 is 0 Å². The van der Waals surface area contributed by atoms with Gasteiger partial charge < -0.3 is 5.53 Å². The summed E-state index contributed by atoms with van der Waals surface area (Å²) in [7, 11) is 0. The van der Waals surface area contributed by atoms with Gasteiger partial charge in [0.2, 0.25) is 11.4 Å². The second-order valence-electron chi connectivity index (χ2n) is 10.9. The van der Waals surface area contributed by atoms with Crippen LogP contribution in [-0.2, 0) is 12.8 Å². The van der Waals surface area contributed by atoms with Gasteiger partial charge in [-0.05, 0) is 73.9 Å². The van der Waals surface area contributed by atoms with Gasteiger partial charge >= 0.3 is 0 Å². The average molecular weight is 499 g/mol. The molecule has 200 valence electrons. The maximum atomic E-state index is 11.4. The van der Waals surface area contributed by atoms with Gasteiger partial charge in [0.05, 0.1) is 0 Å². The Morgan fingerprint density at radius 1 is 0.568 bits per heavy atom. The van der Waals surface area contributed by atoms with Crippen molar-refractivity contribution in [1.82, 2.24) is 0 Å². The lowest BCUT2D eigenvalue weighted by atomic mass is 9.99. The van der Waals surface area contributed by atoms with Crippen LogP contribution in [0.1, 0.15) is 133 Å². The van der Waals surface area contributed by atoms with E-state index in [0.717, 1.165) is 54.6 Å². The zero-order valence-corrected chi connectivity index (χ0v) is 23.9. The molecule has 0 fully saturated rings. The molecule has 0 amide bonds. The molecule has 1 aliphatic heterocycles. The summed E-state index contributed by atoms with van der Waals surface area (Å²) in [5.41, 5.74) is 19.5. The molecule has 3 rings (SSSR count). The van der Waals surface area contributed by atoms with Crippen molar-refractivity contribution >= 4 is 11.4 Å². The SMILES string of the molecule is CCCCCCCCCCCc1cccc(C2=CC(CCCC)=C(c3cccc(CCCC)c3)[N+]2=[N-])c1. The highest BCUT2D eigenvalue weighted by atomic mass is 15.2. The van der Waals surface area contributed by atoms with Crippen molar-refractivity contribution < 1.29 is 4.70 Å². The van der Waals surface area contributed by atoms with Gasteiger partial charge in [-0.2, -0.15) is 0 Å². The number of benzene rings is 2. The van der Waals surface area contributed by atoms with E-state index in [0.29, 0.717) is 0 Å². The number of aryl methyl sites for hydroxylation is 2. The summed E-state index contributed by atoms with van der Waals surface area (Å²) in [6.07, 6.45) is 22.3. The van der Waals surface area contributed by atoms with Crippen LogP contribution in [0.5, 0.6) is 0 Å². The Balaban J connectivity index is 1.64. The second kappa shape index (κ2) is 16.4. The molecule has 1 heterocycles. The predicted molar refractivity (Wildman–Crippen MR) is 160 cm³/mol. The molecule has 0 bridgehead atoms. The minimum absolute atomic E-state index is 0.911. The molecule has 0 atom stereocenters.